The second-order valence-corrected chi connectivity index (χ2v) is 7.27. The van der Waals surface area contributed by atoms with Crippen molar-refractivity contribution >= 4 is 34.1 Å². The van der Waals surface area contributed by atoms with Crippen LogP contribution in [0.3, 0.4) is 0 Å². The first-order valence-corrected chi connectivity index (χ1v) is 9.25. The van der Waals surface area contributed by atoms with Gasteiger partial charge in [-0.3, -0.25) is 0 Å². The Morgan fingerprint density at radius 2 is 1.74 bits per heavy atom. The maximum absolute atomic E-state index is 10.2. The molecule has 4 aromatic rings. The molecule has 0 saturated heterocycles. The monoisotopic (exact) mass is 397 g/mol. The highest BCUT2D eigenvalue weighted by Crippen LogP contribution is 2.31. The molecule has 0 aliphatic rings. The summed E-state index contributed by atoms with van der Waals surface area (Å²) >= 11 is 12.1. The number of hydrogen-bond donors (Lipinski definition) is 1. The lowest BCUT2D eigenvalue weighted by Crippen LogP contribution is -1.97. The van der Waals surface area contributed by atoms with Gasteiger partial charge < -0.3 is 14.4 Å². The minimum absolute atomic E-state index is 0.270. The van der Waals surface area contributed by atoms with Gasteiger partial charge in [0.2, 0.25) is 0 Å². The van der Waals surface area contributed by atoms with E-state index in [1.807, 2.05) is 60.0 Å². The van der Waals surface area contributed by atoms with Crippen LogP contribution in [0.1, 0.15) is 11.1 Å². The summed E-state index contributed by atoms with van der Waals surface area (Å²) in [4.78, 5) is 0. The normalized spacial score (nSPS) is 11.1. The van der Waals surface area contributed by atoms with Crippen LogP contribution >= 0.6 is 23.2 Å². The van der Waals surface area contributed by atoms with Crippen LogP contribution in [0, 0.1) is 6.92 Å². The fourth-order valence-corrected chi connectivity index (χ4v) is 3.51. The summed E-state index contributed by atoms with van der Waals surface area (Å²) in [7, 11) is 0. The first-order valence-electron chi connectivity index (χ1n) is 8.49. The van der Waals surface area contributed by atoms with E-state index >= 15 is 0 Å². The molecule has 1 aromatic heterocycles. The van der Waals surface area contributed by atoms with Crippen LogP contribution in [0.25, 0.3) is 16.6 Å². The number of halogens is 2. The Balaban J connectivity index is 1.56. The van der Waals surface area contributed by atoms with Crippen molar-refractivity contribution in [2.24, 2.45) is 0 Å². The lowest BCUT2D eigenvalue weighted by atomic mass is 10.2. The molecule has 0 atom stereocenters. The summed E-state index contributed by atoms with van der Waals surface area (Å²) in [5.74, 6) is 1.01. The molecule has 0 saturated carbocycles. The maximum atomic E-state index is 10.2. The minimum Gasteiger partial charge on any atom is -0.506 e. The molecular formula is C22H17Cl2NO2. The van der Waals surface area contributed by atoms with Crippen molar-refractivity contribution < 1.29 is 9.84 Å². The van der Waals surface area contributed by atoms with Crippen LogP contribution in [-0.4, -0.2) is 9.67 Å². The van der Waals surface area contributed by atoms with Gasteiger partial charge in [0.1, 0.15) is 18.1 Å². The van der Waals surface area contributed by atoms with Crippen molar-refractivity contribution in [1.82, 2.24) is 4.57 Å². The number of rotatable bonds is 4. The largest absolute Gasteiger partial charge is 0.506 e. The fourth-order valence-electron chi connectivity index (χ4n) is 3.04. The van der Waals surface area contributed by atoms with Crippen LogP contribution < -0.4 is 4.74 Å². The predicted octanol–water partition coefficient (Wildman–Crippen LogP) is 6.53. The van der Waals surface area contributed by atoms with Crippen LogP contribution in [0.2, 0.25) is 10.0 Å². The molecule has 1 heterocycles. The van der Waals surface area contributed by atoms with E-state index in [4.69, 9.17) is 27.9 Å². The summed E-state index contributed by atoms with van der Waals surface area (Å²) in [5, 5.41) is 12.3. The zero-order valence-electron chi connectivity index (χ0n) is 14.6. The molecule has 5 heteroatoms. The van der Waals surface area contributed by atoms with Gasteiger partial charge in [-0.15, -0.1) is 0 Å². The molecule has 3 nitrogen and oxygen atoms in total. The number of ether oxygens (including phenoxy) is 1. The number of nitrogens with zero attached hydrogens (tertiary/aromatic N) is 1. The zero-order valence-corrected chi connectivity index (χ0v) is 16.1. The lowest BCUT2D eigenvalue weighted by Gasteiger charge is -2.10. The van der Waals surface area contributed by atoms with Crippen molar-refractivity contribution in [3.8, 4) is 17.2 Å². The van der Waals surface area contributed by atoms with Gasteiger partial charge in [-0.25, -0.2) is 0 Å². The Kier molecular flexibility index (Phi) is 4.73. The van der Waals surface area contributed by atoms with Crippen molar-refractivity contribution in [3.05, 3.63) is 88.0 Å². The smallest absolute Gasteiger partial charge is 0.141 e. The Bertz CT molecular complexity index is 1120. The van der Waals surface area contributed by atoms with E-state index in [0.717, 1.165) is 33.5 Å². The third-order valence-electron chi connectivity index (χ3n) is 4.46. The predicted molar refractivity (Wildman–Crippen MR) is 110 cm³/mol. The quantitative estimate of drug-likeness (QED) is 0.424. The summed E-state index contributed by atoms with van der Waals surface area (Å²) in [6, 6.07) is 19.1. The van der Waals surface area contributed by atoms with E-state index in [1.165, 1.54) is 0 Å². The standard InChI is InChI=1S/C22H17Cl2NO2/c1-14-2-9-21-19(10-14)22(26)12-25(21)17-5-7-18(8-6-17)27-13-15-3-4-16(23)11-20(15)24/h2-12,26H,13H2,1H3. The maximum Gasteiger partial charge on any atom is 0.141 e. The van der Waals surface area contributed by atoms with E-state index < -0.39 is 0 Å². The van der Waals surface area contributed by atoms with E-state index in [0.29, 0.717) is 16.7 Å². The third-order valence-corrected chi connectivity index (χ3v) is 5.05. The lowest BCUT2D eigenvalue weighted by molar-refractivity contribution is 0.306. The molecule has 0 aliphatic heterocycles. The zero-order chi connectivity index (χ0) is 19.0. The minimum atomic E-state index is 0.270. The van der Waals surface area contributed by atoms with Crippen molar-refractivity contribution in [2.45, 2.75) is 13.5 Å². The van der Waals surface area contributed by atoms with Crippen molar-refractivity contribution in [3.63, 3.8) is 0 Å². The molecule has 1 N–H and O–H groups in total. The molecule has 0 amide bonds. The van der Waals surface area contributed by atoms with Crippen LogP contribution in [-0.2, 0) is 6.61 Å². The van der Waals surface area contributed by atoms with Gasteiger partial charge >= 0.3 is 0 Å². The Morgan fingerprint density at radius 1 is 0.963 bits per heavy atom. The fraction of sp³-hybridized carbons (Fsp3) is 0.0909. The van der Waals surface area contributed by atoms with Gasteiger partial charge in [-0.05, 0) is 55.5 Å². The van der Waals surface area contributed by atoms with Gasteiger partial charge in [0.05, 0.1) is 11.7 Å². The molecule has 0 unspecified atom stereocenters. The second kappa shape index (κ2) is 7.18. The van der Waals surface area contributed by atoms with Gasteiger partial charge in [-0.2, -0.15) is 0 Å². The number of fused-ring (bicyclic) bond motifs is 1. The van der Waals surface area contributed by atoms with Gasteiger partial charge in [0.25, 0.3) is 0 Å². The molecule has 3 aromatic carbocycles. The van der Waals surface area contributed by atoms with Crippen LogP contribution in [0.4, 0.5) is 0 Å². The molecule has 136 valence electrons. The van der Waals surface area contributed by atoms with E-state index in [1.54, 1.807) is 18.3 Å². The second-order valence-electron chi connectivity index (χ2n) is 6.42. The summed E-state index contributed by atoms with van der Waals surface area (Å²) in [5.41, 5.74) is 3.89. The van der Waals surface area contributed by atoms with E-state index in [2.05, 4.69) is 0 Å². The molecule has 0 bridgehead atoms. The molecule has 0 aliphatic carbocycles. The van der Waals surface area contributed by atoms with Crippen molar-refractivity contribution in [2.75, 3.05) is 0 Å². The molecule has 27 heavy (non-hydrogen) atoms. The first-order chi connectivity index (χ1) is 13.0. The molecule has 0 radical (unpaired) electrons. The topological polar surface area (TPSA) is 34.4 Å². The molecule has 4 rings (SSSR count). The van der Waals surface area contributed by atoms with E-state index in [-0.39, 0.29) is 5.75 Å². The number of hydrogen-bond acceptors (Lipinski definition) is 2. The molecule has 0 fully saturated rings. The van der Waals surface area contributed by atoms with Crippen LogP contribution in [0.15, 0.2) is 66.9 Å². The number of aromatic hydroxyl groups is 1. The van der Waals surface area contributed by atoms with E-state index in [9.17, 15) is 5.11 Å². The van der Waals surface area contributed by atoms with Crippen LogP contribution in [0.5, 0.6) is 11.5 Å². The third kappa shape index (κ3) is 3.61. The summed E-state index contributed by atoms with van der Waals surface area (Å²) in [6.45, 7) is 2.37. The molecular weight excluding hydrogens is 381 g/mol. The SMILES string of the molecule is Cc1ccc2c(c1)c(O)cn2-c1ccc(OCc2ccc(Cl)cc2Cl)cc1. The highest BCUT2D eigenvalue weighted by Gasteiger charge is 2.09. The average molecular weight is 398 g/mol. The van der Waals surface area contributed by atoms with Gasteiger partial charge in [0, 0.05) is 26.7 Å². The summed E-state index contributed by atoms with van der Waals surface area (Å²) < 4.78 is 7.79. The average Bonchev–Trinajstić information content (AvgIpc) is 2.98. The van der Waals surface area contributed by atoms with Gasteiger partial charge in [-0.1, -0.05) is 40.9 Å². The number of aryl methyl sites for hydroxylation is 1. The highest BCUT2D eigenvalue weighted by atomic mass is 35.5. The Hall–Kier alpha value is -2.62. The van der Waals surface area contributed by atoms with Gasteiger partial charge in [0.15, 0.2) is 0 Å². The Morgan fingerprint density at radius 3 is 2.48 bits per heavy atom. The first kappa shape index (κ1) is 17.8. The highest BCUT2D eigenvalue weighted by molar-refractivity contribution is 6.35. The van der Waals surface area contributed by atoms with Crippen molar-refractivity contribution in [1.29, 1.82) is 0 Å². The number of aromatic nitrogens is 1. The molecule has 0 spiro atoms. The number of benzene rings is 3. The Labute approximate surface area is 167 Å². The summed E-state index contributed by atoms with van der Waals surface area (Å²) in [6.07, 6.45) is 1.73.